The number of hydrogen-bond donors (Lipinski definition) is 0. The van der Waals surface area contributed by atoms with Crippen molar-refractivity contribution in [3.63, 3.8) is 0 Å². The number of aryl methyl sites for hydroxylation is 1. The van der Waals surface area contributed by atoms with Crippen molar-refractivity contribution in [2.24, 2.45) is 0 Å². The van der Waals surface area contributed by atoms with Crippen LogP contribution in [0.15, 0.2) is 36.4 Å². The standard InChI is InChI=1S/C14H10BrCl3/c1-8-2-3-9(16)6-12(8)14(15)11-5-4-10(17)7-13(11)18/h2-7,14H,1H3. The molecule has 0 radical (unpaired) electrons. The molecule has 94 valence electrons. The molecular weight excluding hydrogens is 354 g/mol. The first-order chi connectivity index (χ1) is 8.49. The lowest BCUT2D eigenvalue weighted by Crippen LogP contribution is -1.97. The lowest BCUT2D eigenvalue weighted by atomic mass is 10.0. The van der Waals surface area contributed by atoms with Gasteiger partial charge in [-0.1, -0.05) is 62.9 Å². The third kappa shape index (κ3) is 3.03. The van der Waals surface area contributed by atoms with Gasteiger partial charge in [-0.3, -0.25) is 0 Å². The Hall–Kier alpha value is -0.210. The average molecular weight is 364 g/mol. The molecule has 18 heavy (non-hydrogen) atoms. The molecule has 0 aliphatic rings. The molecule has 0 nitrogen and oxygen atoms in total. The predicted octanol–water partition coefficient (Wildman–Crippen LogP) is 6.44. The van der Waals surface area contributed by atoms with Crippen molar-refractivity contribution < 1.29 is 0 Å². The van der Waals surface area contributed by atoms with Gasteiger partial charge in [-0.2, -0.15) is 0 Å². The highest BCUT2D eigenvalue weighted by Crippen LogP contribution is 2.38. The van der Waals surface area contributed by atoms with Crippen LogP contribution in [-0.2, 0) is 0 Å². The van der Waals surface area contributed by atoms with E-state index in [0.717, 1.165) is 16.7 Å². The first-order valence-corrected chi connectivity index (χ1v) is 7.39. The van der Waals surface area contributed by atoms with Crippen molar-refractivity contribution in [2.45, 2.75) is 11.8 Å². The van der Waals surface area contributed by atoms with Crippen LogP contribution in [0.3, 0.4) is 0 Å². The zero-order valence-electron chi connectivity index (χ0n) is 9.55. The Balaban J connectivity index is 2.47. The van der Waals surface area contributed by atoms with Gasteiger partial charge in [0.1, 0.15) is 0 Å². The maximum atomic E-state index is 6.22. The molecule has 0 bridgehead atoms. The molecule has 1 unspecified atom stereocenters. The van der Waals surface area contributed by atoms with E-state index in [1.54, 1.807) is 6.07 Å². The third-order valence-corrected chi connectivity index (χ3v) is 4.53. The van der Waals surface area contributed by atoms with E-state index >= 15 is 0 Å². The largest absolute Gasteiger partial charge is 0.0843 e. The Bertz CT molecular complexity index is 581. The predicted molar refractivity (Wildman–Crippen MR) is 83.4 cm³/mol. The highest BCUT2D eigenvalue weighted by Gasteiger charge is 2.16. The Morgan fingerprint density at radius 2 is 1.50 bits per heavy atom. The van der Waals surface area contributed by atoms with Gasteiger partial charge in [0.05, 0.1) is 4.83 Å². The Morgan fingerprint density at radius 1 is 0.889 bits per heavy atom. The Kier molecular flexibility index (Phi) is 4.60. The molecule has 1 atom stereocenters. The smallest absolute Gasteiger partial charge is 0.0662 e. The number of alkyl halides is 1. The van der Waals surface area contributed by atoms with E-state index in [1.165, 1.54) is 0 Å². The number of halogens is 4. The van der Waals surface area contributed by atoms with Gasteiger partial charge < -0.3 is 0 Å². The molecule has 4 heteroatoms. The van der Waals surface area contributed by atoms with Gasteiger partial charge in [0.2, 0.25) is 0 Å². The van der Waals surface area contributed by atoms with Crippen LogP contribution in [0.5, 0.6) is 0 Å². The van der Waals surface area contributed by atoms with Gasteiger partial charge in [0, 0.05) is 15.1 Å². The number of hydrogen-bond acceptors (Lipinski definition) is 0. The zero-order chi connectivity index (χ0) is 13.3. The molecule has 2 aromatic carbocycles. The van der Waals surface area contributed by atoms with E-state index in [1.807, 2.05) is 37.3 Å². The summed E-state index contributed by atoms with van der Waals surface area (Å²) in [5.74, 6) is 0. The highest BCUT2D eigenvalue weighted by molar-refractivity contribution is 9.09. The highest BCUT2D eigenvalue weighted by atomic mass is 79.9. The molecule has 0 saturated heterocycles. The van der Waals surface area contributed by atoms with Crippen LogP contribution >= 0.6 is 50.7 Å². The molecule has 2 rings (SSSR count). The summed E-state index contributed by atoms with van der Waals surface area (Å²) in [6.45, 7) is 2.05. The third-order valence-electron chi connectivity index (χ3n) is 2.75. The van der Waals surface area contributed by atoms with Crippen molar-refractivity contribution >= 4 is 50.7 Å². The van der Waals surface area contributed by atoms with Gasteiger partial charge in [0.25, 0.3) is 0 Å². The summed E-state index contributed by atoms with van der Waals surface area (Å²) in [6, 6.07) is 11.3. The monoisotopic (exact) mass is 362 g/mol. The maximum absolute atomic E-state index is 6.22. The van der Waals surface area contributed by atoms with E-state index in [4.69, 9.17) is 34.8 Å². The Labute approximate surface area is 130 Å². The van der Waals surface area contributed by atoms with E-state index in [0.29, 0.717) is 15.1 Å². The molecule has 0 spiro atoms. The molecule has 0 heterocycles. The quantitative estimate of drug-likeness (QED) is 0.538. The SMILES string of the molecule is Cc1ccc(Cl)cc1C(Br)c1ccc(Cl)cc1Cl. The van der Waals surface area contributed by atoms with Crippen molar-refractivity contribution in [2.75, 3.05) is 0 Å². The molecular formula is C14H10BrCl3. The summed E-state index contributed by atoms with van der Waals surface area (Å²) in [6.07, 6.45) is 0. The molecule has 0 N–H and O–H groups in total. The van der Waals surface area contributed by atoms with Crippen LogP contribution in [0.4, 0.5) is 0 Å². The fourth-order valence-corrected chi connectivity index (χ4v) is 3.48. The molecule has 0 aliphatic carbocycles. The van der Waals surface area contributed by atoms with Crippen LogP contribution in [0.2, 0.25) is 15.1 Å². The first-order valence-electron chi connectivity index (χ1n) is 5.34. The van der Waals surface area contributed by atoms with Crippen LogP contribution in [0.25, 0.3) is 0 Å². The zero-order valence-corrected chi connectivity index (χ0v) is 13.4. The second-order valence-electron chi connectivity index (χ2n) is 4.03. The molecule has 0 aromatic heterocycles. The summed E-state index contributed by atoms with van der Waals surface area (Å²) in [5.41, 5.74) is 3.24. The van der Waals surface area contributed by atoms with Crippen LogP contribution in [0, 0.1) is 6.92 Å². The minimum Gasteiger partial charge on any atom is -0.0843 e. The van der Waals surface area contributed by atoms with E-state index < -0.39 is 0 Å². The molecule has 0 fully saturated rings. The normalized spacial score (nSPS) is 12.5. The summed E-state index contributed by atoms with van der Waals surface area (Å²) in [5, 5.41) is 1.99. The van der Waals surface area contributed by atoms with Crippen molar-refractivity contribution in [3.8, 4) is 0 Å². The van der Waals surface area contributed by atoms with Crippen molar-refractivity contribution in [3.05, 3.63) is 68.2 Å². The molecule has 0 saturated carbocycles. The number of rotatable bonds is 2. The van der Waals surface area contributed by atoms with Gasteiger partial charge in [-0.15, -0.1) is 0 Å². The van der Waals surface area contributed by atoms with Crippen LogP contribution in [-0.4, -0.2) is 0 Å². The fourth-order valence-electron chi connectivity index (χ4n) is 1.76. The molecule has 0 amide bonds. The van der Waals surface area contributed by atoms with Gasteiger partial charge in [0.15, 0.2) is 0 Å². The fraction of sp³-hybridized carbons (Fsp3) is 0.143. The van der Waals surface area contributed by atoms with Gasteiger partial charge >= 0.3 is 0 Å². The molecule has 2 aromatic rings. The minimum absolute atomic E-state index is 0.000895. The lowest BCUT2D eigenvalue weighted by Gasteiger charge is -2.15. The second kappa shape index (κ2) is 5.83. The van der Waals surface area contributed by atoms with E-state index in [9.17, 15) is 0 Å². The summed E-state index contributed by atoms with van der Waals surface area (Å²) in [4.78, 5) is 0.000895. The summed E-state index contributed by atoms with van der Waals surface area (Å²) < 4.78 is 0. The van der Waals surface area contributed by atoms with Crippen molar-refractivity contribution in [1.29, 1.82) is 0 Å². The van der Waals surface area contributed by atoms with Crippen LogP contribution < -0.4 is 0 Å². The minimum atomic E-state index is 0.000895. The molecule has 0 aliphatic heterocycles. The maximum Gasteiger partial charge on any atom is 0.0662 e. The average Bonchev–Trinajstić information content (AvgIpc) is 2.31. The van der Waals surface area contributed by atoms with Gasteiger partial charge in [-0.05, 0) is 47.9 Å². The summed E-state index contributed by atoms with van der Waals surface area (Å²) in [7, 11) is 0. The van der Waals surface area contributed by atoms with Crippen molar-refractivity contribution in [1.82, 2.24) is 0 Å². The lowest BCUT2D eigenvalue weighted by molar-refractivity contribution is 1.14. The Morgan fingerprint density at radius 3 is 2.17 bits per heavy atom. The van der Waals surface area contributed by atoms with Crippen LogP contribution in [0.1, 0.15) is 21.5 Å². The second-order valence-corrected chi connectivity index (χ2v) is 6.23. The summed E-state index contributed by atoms with van der Waals surface area (Å²) >= 11 is 21.8. The van der Waals surface area contributed by atoms with E-state index in [-0.39, 0.29) is 4.83 Å². The first kappa shape index (κ1) is 14.2. The van der Waals surface area contributed by atoms with E-state index in [2.05, 4.69) is 15.9 Å². The van der Waals surface area contributed by atoms with Gasteiger partial charge in [-0.25, -0.2) is 0 Å². The topological polar surface area (TPSA) is 0 Å². The number of benzene rings is 2.